The van der Waals surface area contributed by atoms with E-state index in [1.165, 1.54) is 0 Å². The molecule has 0 bridgehead atoms. The molecule has 15 heteroatoms. The number of alkyl halides is 13. The summed E-state index contributed by atoms with van der Waals surface area (Å²) in [6, 6.07) is 0. The van der Waals surface area contributed by atoms with E-state index in [9.17, 15) is 61.9 Å². The lowest BCUT2D eigenvalue weighted by atomic mass is 9.92. The summed E-state index contributed by atoms with van der Waals surface area (Å²) in [6.45, 7) is 1.11. The minimum absolute atomic E-state index is 0.335. The summed E-state index contributed by atoms with van der Waals surface area (Å²) in [4.78, 5) is 10.6. The Bertz CT molecular complexity index is 589. The maximum atomic E-state index is 13.4. The number of carbonyl (C=O) groups is 1. The van der Waals surface area contributed by atoms with E-state index in [1.807, 2.05) is 0 Å². The zero-order valence-electron chi connectivity index (χ0n) is 12.8. The Morgan fingerprint density at radius 3 is 1.41 bits per heavy atom. The van der Waals surface area contributed by atoms with E-state index >= 15 is 0 Å². The Labute approximate surface area is 141 Å². The smallest absolute Gasteiger partial charge is 0.460 e. The van der Waals surface area contributed by atoms with Crippen LogP contribution in [0.5, 0.6) is 0 Å². The third-order valence-corrected chi connectivity index (χ3v) is 3.11. The molecule has 160 valence electrons. The maximum Gasteiger partial charge on any atom is 0.460 e. The van der Waals surface area contributed by atoms with Gasteiger partial charge in [-0.3, -0.25) is 0 Å². The van der Waals surface area contributed by atoms with Crippen LogP contribution in [0, 0.1) is 0 Å². The van der Waals surface area contributed by atoms with Gasteiger partial charge < -0.3 is 5.11 Å². The first kappa shape index (κ1) is 25.3. The average molecular weight is 432 g/mol. The number of rotatable bonds is 8. The van der Waals surface area contributed by atoms with Gasteiger partial charge >= 0.3 is 41.8 Å². The first-order valence-electron chi connectivity index (χ1n) is 6.52. The highest BCUT2D eigenvalue weighted by molar-refractivity contribution is 5.86. The molecule has 0 aliphatic rings. The zero-order valence-corrected chi connectivity index (χ0v) is 12.8. The minimum Gasteiger partial charge on any atom is -0.478 e. The fourth-order valence-corrected chi connectivity index (χ4v) is 1.60. The molecule has 1 N–H and O–H groups in total. The quantitative estimate of drug-likeness (QED) is 0.404. The van der Waals surface area contributed by atoms with Crippen molar-refractivity contribution in [2.24, 2.45) is 0 Å². The fraction of sp³-hybridized carbons (Fsp3) is 0.750. The normalized spacial score (nSPS) is 15.9. The van der Waals surface area contributed by atoms with Crippen LogP contribution in [0.4, 0.5) is 57.1 Å². The van der Waals surface area contributed by atoms with Crippen molar-refractivity contribution in [1.29, 1.82) is 0 Å². The number of allylic oxidation sites excluding steroid dienone is 1. The number of carboxylic acid groups (broad SMARTS) is 1. The standard InChI is InChI=1S/C12H9F13O2/c1-2-3-5(6(26)27)4-7(13,14)8(15,16)9(17,18)10(19,20)11(21,22)12(23,24)25/h4H,2-3H2,1H3,(H,26,27). The van der Waals surface area contributed by atoms with Gasteiger partial charge in [-0.25, -0.2) is 4.79 Å². The van der Waals surface area contributed by atoms with Crippen LogP contribution in [-0.4, -0.2) is 46.9 Å². The van der Waals surface area contributed by atoms with Gasteiger partial charge in [0.1, 0.15) is 0 Å². The highest BCUT2D eigenvalue weighted by Gasteiger charge is 2.90. The number of hydrogen-bond acceptors (Lipinski definition) is 1. The molecular weight excluding hydrogens is 423 g/mol. The Kier molecular flexibility index (Phi) is 6.59. The number of hydrogen-bond donors (Lipinski definition) is 1. The van der Waals surface area contributed by atoms with Gasteiger partial charge in [0.25, 0.3) is 0 Å². The molecular formula is C12H9F13O2. The van der Waals surface area contributed by atoms with Crippen LogP contribution in [0.25, 0.3) is 0 Å². The Hall–Kier alpha value is -1.70. The van der Waals surface area contributed by atoms with E-state index in [1.54, 1.807) is 0 Å². The molecule has 0 aromatic rings. The number of carboxylic acids is 1. The van der Waals surface area contributed by atoms with Crippen molar-refractivity contribution in [3.63, 3.8) is 0 Å². The first-order valence-corrected chi connectivity index (χ1v) is 6.52. The predicted octanol–water partition coefficient (Wildman–Crippen LogP) is 5.54. The van der Waals surface area contributed by atoms with Crippen LogP contribution in [-0.2, 0) is 4.79 Å². The van der Waals surface area contributed by atoms with Crippen LogP contribution in [0.3, 0.4) is 0 Å². The van der Waals surface area contributed by atoms with Gasteiger partial charge in [-0.05, 0) is 6.42 Å². The van der Waals surface area contributed by atoms with Crippen molar-refractivity contribution in [3.8, 4) is 0 Å². The van der Waals surface area contributed by atoms with Gasteiger partial charge in [0, 0.05) is 11.6 Å². The van der Waals surface area contributed by atoms with Gasteiger partial charge in [0.2, 0.25) is 0 Å². The van der Waals surface area contributed by atoms with Crippen LogP contribution in [0.1, 0.15) is 19.8 Å². The van der Waals surface area contributed by atoms with Crippen LogP contribution in [0.15, 0.2) is 11.6 Å². The lowest BCUT2D eigenvalue weighted by molar-refractivity contribution is -0.436. The molecule has 0 aromatic heterocycles. The van der Waals surface area contributed by atoms with Crippen molar-refractivity contribution in [3.05, 3.63) is 11.6 Å². The van der Waals surface area contributed by atoms with Crippen LogP contribution >= 0.6 is 0 Å². The Balaban J connectivity index is 6.46. The molecule has 0 radical (unpaired) electrons. The van der Waals surface area contributed by atoms with Crippen molar-refractivity contribution < 1.29 is 67.0 Å². The van der Waals surface area contributed by atoms with Crippen molar-refractivity contribution in [1.82, 2.24) is 0 Å². The van der Waals surface area contributed by atoms with Gasteiger partial charge in [-0.1, -0.05) is 13.3 Å². The zero-order chi connectivity index (χ0) is 22.3. The molecule has 0 rings (SSSR count). The van der Waals surface area contributed by atoms with Crippen molar-refractivity contribution in [2.45, 2.75) is 55.6 Å². The molecule has 0 aromatic carbocycles. The molecule has 0 amide bonds. The van der Waals surface area contributed by atoms with Crippen molar-refractivity contribution in [2.75, 3.05) is 0 Å². The van der Waals surface area contributed by atoms with E-state index in [2.05, 4.69) is 0 Å². The molecule has 0 aliphatic carbocycles. The molecule has 0 saturated carbocycles. The number of aliphatic carboxylic acids is 1. The first-order chi connectivity index (χ1) is 11.6. The SMILES string of the molecule is CCCC(=CC(F)(F)C(F)(F)C(F)(F)C(F)(F)C(F)(F)C(F)(F)F)C(=O)O. The molecule has 0 aliphatic heterocycles. The summed E-state index contributed by atoms with van der Waals surface area (Å²) in [5, 5.41) is 8.48. The lowest BCUT2D eigenvalue weighted by Crippen LogP contribution is -2.69. The Morgan fingerprint density at radius 2 is 1.11 bits per heavy atom. The monoisotopic (exact) mass is 432 g/mol. The average Bonchev–Trinajstić information content (AvgIpc) is 2.44. The van der Waals surface area contributed by atoms with Gasteiger partial charge in [-0.15, -0.1) is 0 Å². The topological polar surface area (TPSA) is 37.3 Å². The van der Waals surface area contributed by atoms with E-state index < -0.39 is 59.8 Å². The summed E-state index contributed by atoms with van der Waals surface area (Å²) < 4.78 is 167. The molecule has 2 nitrogen and oxygen atoms in total. The summed E-state index contributed by atoms with van der Waals surface area (Å²) in [5.41, 5.74) is -1.68. The van der Waals surface area contributed by atoms with Gasteiger partial charge in [0.05, 0.1) is 0 Å². The molecule has 0 unspecified atom stereocenters. The second-order valence-corrected chi connectivity index (χ2v) is 5.14. The summed E-state index contributed by atoms with van der Waals surface area (Å²) in [7, 11) is 0. The second-order valence-electron chi connectivity index (χ2n) is 5.14. The maximum absolute atomic E-state index is 13.4. The highest BCUT2D eigenvalue weighted by atomic mass is 19.4. The van der Waals surface area contributed by atoms with Crippen molar-refractivity contribution >= 4 is 5.97 Å². The third-order valence-electron chi connectivity index (χ3n) is 3.11. The predicted molar refractivity (Wildman–Crippen MR) is 61.4 cm³/mol. The molecule has 0 atom stereocenters. The molecule has 0 fully saturated rings. The largest absolute Gasteiger partial charge is 0.478 e. The summed E-state index contributed by atoms with van der Waals surface area (Å²) in [6.07, 6.45) is -10.2. The van der Waals surface area contributed by atoms with E-state index in [4.69, 9.17) is 5.11 Å². The minimum atomic E-state index is -8.01. The van der Waals surface area contributed by atoms with E-state index in [-0.39, 0.29) is 6.42 Å². The van der Waals surface area contributed by atoms with Gasteiger partial charge in [0.15, 0.2) is 0 Å². The Morgan fingerprint density at radius 1 is 0.741 bits per heavy atom. The second kappa shape index (κ2) is 7.04. The highest BCUT2D eigenvalue weighted by Crippen LogP contribution is 2.60. The molecule has 27 heavy (non-hydrogen) atoms. The number of halogens is 13. The van der Waals surface area contributed by atoms with Crippen LogP contribution < -0.4 is 0 Å². The van der Waals surface area contributed by atoms with E-state index in [0.29, 0.717) is 0 Å². The van der Waals surface area contributed by atoms with Crippen LogP contribution in [0.2, 0.25) is 0 Å². The molecule has 0 heterocycles. The molecule has 0 spiro atoms. The summed E-state index contributed by atoms with van der Waals surface area (Å²) in [5.74, 6) is -40.2. The summed E-state index contributed by atoms with van der Waals surface area (Å²) >= 11 is 0. The van der Waals surface area contributed by atoms with E-state index in [0.717, 1.165) is 6.92 Å². The molecule has 0 saturated heterocycles. The fourth-order valence-electron chi connectivity index (χ4n) is 1.60. The van der Waals surface area contributed by atoms with Gasteiger partial charge in [-0.2, -0.15) is 57.1 Å². The third kappa shape index (κ3) is 3.95. The lowest BCUT2D eigenvalue weighted by Gasteiger charge is -2.39.